The fourth-order valence-corrected chi connectivity index (χ4v) is 4.90. The van der Waals surface area contributed by atoms with Gasteiger partial charge in [0.15, 0.2) is 20.2 Å². The lowest BCUT2D eigenvalue weighted by atomic mass is 10.0. The van der Waals surface area contributed by atoms with Gasteiger partial charge in [-0.2, -0.15) is 5.26 Å². The van der Waals surface area contributed by atoms with Crippen molar-refractivity contribution in [1.82, 2.24) is 0 Å². The van der Waals surface area contributed by atoms with Crippen molar-refractivity contribution in [3.8, 4) is 11.8 Å². The summed E-state index contributed by atoms with van der Waals surface area (Å²) in [4.78, 5) is 12.3. The predicted octanol–water partition coefficient (Wildman–Crippen LogP) is 7.03. The molecule has 6 heteroatoms. The molecule has 1 atom stereocenters. The minimum atomic E-state index is -1.94. The monoisotopic (exact) mass is 499 g/mol. The minimum absolute atomic E-state index is 0.121. The maximum absolute atomic E-state index is 12.3. The van der Waals surface area contributed by atoms with Crippen molar-refractivity contribution in [1.29, 1.82) is 5.26 Å². The third-order valence-electron chi connectivity index (χ3n) is 4.55. The van der Waals surface area contributed by atoms with E-state index in [0.29, 0.717) is 28.0 Å². The van der Waals surface area contributed by atoms with Crippen molar-refractivity contribution in [2.75, 3.05) is 6.61 Å². The maximum atomic E-state index is 12.3. The Bertz CT molecular complexity index is 975. The van der Waals surface area contributed by atoms with Gasteiger partial charge in [0.25, 0.3) is 0 Å². The topological polar surface area (TPSA) is 59.3 Å². The quantitative estimate of drug-likeness (QED) is 0.152. The Labute approximate surface area is 195 Å². The van der Waals surface area contributed by atoms with E-state index >= 15 is 0 Å². The number of nitrogens with zero attached hydrogens (tertiary/aromatic N) is 1. The number of benzene rings is 2. The first-order valence-electron chi connectivity index (χ1n) is 10.4. The van der Waals surface area contributed by atoms with Gasteiger partial charge in [-0.1, -0.05) is 48.0 Å². The SMILES string of the molecule is CC(=O)c1c(OCCC=C(C)Cc2ccccc2)ccc(C(C#N)O[Si](C)(C)C)c1Br. The fraction of sp³-hybridized carbons (Fsp3) is 0.360. The van der Waals surface area contributed by atoms with Crippen LogP contribution in [-0.4, -0.2) is 20.7 Å². The van der Waals surface area contributed by atoms with Crippen LogP contribution in [0.3, 0.4) is 0 Å². The van der Waals surface area contributed by atoms with Gasteiger partial charge < -0.3 is 9.16 Å². The van der Waals surface area contributed by atoms with Crippen LogP contribution in [-0.2, 0) is 10.8 Å². The van der Waals surface area contributed by atoms with Crippen LogP contribution < -0.4 is 4.74 Å². The first-order chi connectivity index (χ1) is 14.6. The molecule has 0 heterocycles. The van der Waals surface area contributed by atoms with E-state index in [9.17, 15) is 10.1 Å². The average Bonchev–Trinajstić information content (AvgIpc) is 2.69. The molecule has 4 nitrogen and oxygen atoms in total. The molecular weight excluding hydrogens is 470 g/mol. The van der Waals surface area contributed by atoms with Crippen LogP contribution >= 0.6 is 15.9 Å². The van der Waals surface area contributed by atoms with Crippen LogP contribution in [0, 0.1) is 11.3 Å². The second-order valence-corrected chi connectivity index (χ2v) is 13.7. The molecule has 0 bridgehead atoms. The van der Waals surface area contributed by atoms with E-state index in [1.54, 1.807) is 12.1 Å². The first-order valence-corrected chi connectivity index (χ1v) is 14.6. The van der Waals surface area contributed by atoms with Gasteiger partial charge in [0.2, 0.25) is 0 Å². The van der Waals surface area contributed by atoms with Gasteiger partial charge in [-0.15, -0.1) is 0 Å². The van der Waals surface area contributed by atoms with E-state index in [4.69, 9.17) is 9.16 Å². The number of hydrogen-bond donors (Lipinski definition) is 0. The van der Waals surface area contributed by atoms with Gasteiger partial charge in [0, 0.05) is 10.0 Å². The number of carbonyl (C=O) groups is 1. The summed E-state index contributed by atoms with van der Waals surface area (Å²) in [5.41, 5.74) is 3.66. The highest BCUT2D eigenvalue weighted by molar-refractivity contribution is 9.10. The third kappa shape index (κ3) is 7.77. The molecule has 0 spiro atoms. The summed E-state index contributed by atoms with van der Waals surface area (Å²) in [6.45, 7) is 10.2. The molecule has 0 fully saturated rings. The Morgan fingerprint density at radius 3 is 2.42 bits per heavy atom. The lowest BCUT2D eigenvalue weighted by molar-refractivity contribution is 0.101. The molecule has 0 aromatic heterocycles. The van der Waals surface area contributed by atoms with Gasteiger partial charge in [-0.3, -0.25) is 4.79 Å². The predicted molar refractivity (Wildman–Crippen MR) is 131 cm³/mol. The van der Waals surface area contributed by atoms with Crippen LogP contribution in [0.5, 0.6) is 5.75 Å². The van der Waals surface area contributed by atoms with Crippen LogP contribution in [0.15, 0.2) is 58.6 Å². The average molecular weight is 501 g/mol. The van der Waals surface area contributed by atoms with Crippen LogP contribution in [0.4, 0.5) is 0 Å². The highest BCUT2D eigenvalue weighted by Gasteiger charge is 2.26. The number of halogens is 1. The molecule has 1 unspecified atom stereocenters. The standard InChI is InChI=1S/C25H30BrNO3Si/c1-18(16-20-11-7-6-8-12-20)10-9-15-29-22-14-13-21(25(26)24(22)19(2)28)23(17-27)30-31(3,4)5/h6-8,10-14,23H,9,15-16H2,1-5H3. The van der Waals surface area contributed by atoms with Gasteiger partial charge >= 0.3 is 0 Å². The van der Waals surface area contributed by atoms with Crippen LogP contribution in [0.25, 0.3) is 0 Å². The summed E-state index contributed by atoms with van der Waals surface area (Å²) >= 11 is 3.52. The van der Waals surface area contributed by atoms with E-state index in [-0.39, 0.29) is 5.78 Å². The highest BCUT2D eigenvalue weighted by Crippen LogP contribution is 2.36. The molecule has 0 saturated heterocycles. The molecule has 31 heavy (non-hydrogen) atoms. The number of ether oxygens (including phenoxy) is 1. The van der Waals surface area contributed by atoms with Crippen molar-refractivity contribution in [3.05, 3.63) is 75.3 Å². The maximum Gasteiger partial charge on any atom is 0.186 e. The zero-order chi connectivity index (χ0) is 23.0. The Balaban J connectivity index is 2.11. The Hall–Kier alpha value is -2.20. The smallest absolute Gasteiger partial charge is 0.186 e. The molecule has 0 saturated carbocycles. The van der Waals surface area contributed by atoms with E-state index in [1.807, 2.05) is 37.8 Å². The van der Waals surface area contributed by atoms with E-state index in [1.165, 1.54) is 18.1 Å². The molecule has 2 rings (SSSR count). The zero-order valence-corrected chi connectivity index (χ0v) is 21.5. The Morgan fingerprint density at radius 1 is 1.16 bits per heavy atom. The number of ketones is 1. The van der Waals surface area contributed by atoms with Crippen molar-refractivity contribution in [2.24, 2.45) is 0 Å². The van der Waals surface area contributed by atoms with E-state index < -0.39 is 14.4 Å². The molecule has 0 N–H and O–H groups in total. The summed E-state index contributed by atoms with van der Waals surface area (Å²) in [5.74, 6) is 0.395. The largest absolute Gasteiger partial charge is 0.492 e. The lowest BCUT2D eigenvalue weighted by Crippen LogP contribution is -2.27. The third-order valence-corrected chi connectivity index (χ3v) is 6.35. The van der Waals surface area contributed by atoms with Gasteiger partial charge in [-0.05, 0) is 73.9 Å². The Kier molecular flexibility index (Phi) is 9.24. The van der Waals surface area contributed by atoms with Gasteiger partial charge in [0.05, 0.1) is 18.2 Å². The fourth-order valence-electron chi connectivity index (χ4n) is 3.20. The molecule has 2 aromatic carbocycles. The van der Waals surface area contributed by atoms with Gasteiger partial charge in [-0.25, -0.2) is 0 Å². The highest BCUT2D eigenvalue weighted by atomic mass is 79.9. The molecule has 0 aliphatic heterocycles. The molecule has 0 aliphatic rings. The Morgan fingerprint density at radius 2 is 1.84 bits per heavy atom. The zero-order valence-electron chi connectivity index (χ0n) is 18.9. The van der Waals surface area contributed by atoms with E-state index in [2.05, 4.69) is 47.1 Å². The van der Waals surface area contributed by atoms with Crippen molar-refractivity contribution >= 4 is 30.0 Å². The van der Waals surface area contributed by atoms with Gasteiger partial charge in [0.1, 0.15) is 5.75 Å². The van der Waals surface area contributed by atoms with Crippen LogP contribution in [0.2, 0.25) is 19.6 Å². The number of carbonyl (C=O) groups excluding carboxylic acids is 1. The summed E-state index contributed by atoms with van der Waals surface area (Å²) in [6, 6.07) is 16.1. The summed E-state index contributed by atoms with van der Waals surface area (Å²) in [5, 5.41) is 9.60. The van der Waals surface area contributed by atoms with Crippen molar-refractivity contribution in [2.45, 2.75) is 52.4 Å². The molecule has 164 valence electrons. The molecule has 0 aliphatic carbocycles. The van der Waals surface area contributed by atoms with E-state index in [0.717, 1.165) is 12.8 Å². The molecular formula is C25H30BrNO3Si. The second-order valence-electron chi connectivity index (χ2n) is 8.49. The van der Waals surface area contributed by atoms with Crippen molar-refractivity contribution < 1.29 is 14.0 Å². The first kappa shape index (κ1) is 25.1. The molecule has 0 radical (unpaired) electrons. The lowest BCUT2D eigenvalue weighted by Gasteiger charge is -2.23. The number of allylic oxidation sites excluding steroid dienone is 1. The summed E-state index contributed by atoms with van der Waals surface area (Å²) < 4.78 is 12.5. The minimum Gasteiger partial charge on any atom is -0.492 e. The number of Topliss-reactive ketones (excluding diaryl/α,β-unsaturated/α-hetero) is 1. The normalized spacial score (nSPS) is 12.9. The van der Waals surface area contributed by atoms with Crippen molar-refractivity contribution in [3.63, 3.8) is 0 Å². The summed E-state index contributed by atoms with van der Waals surface area (Å²) in [7, 11) is -1.94. The molecule has 0 amide bonds. The molecule has 2 aromatic rings. The number of rotatable bonds is 10. The number of hydrogen-bond acceptors (Lipinski definition) is 4. The van der Waals surface area contributed by atoms with Crippen LogP contribution in [0.1, 0.15) is 47.9 Å². The number of nitriles is 1. The summed E-state index contributed by atoms with van der Waals surface area (Å²) in [6.07, 6.45) is 3.09. The second kappa shape index (κ2) is 11.4.